The van der Waals surface area contributed by atoms with Crippen LogP contribution in [0.3, 0.4) is 0 Å². The van der Waals surface area contributed by atoms with Crippen molar-refractivity contribution in [3.8, 4) is 5.75 Å². The number of aliphatic hydroxyl groups excluding tert-OH is 1. The van der Waals surface area contributed by atoms with E-state index in [9.17, 15) is 19.1 Å². The van der Waals surface area contributed by atoms with E-state index in [1.54, 1.807) is 42.5 Å². The lowest BCUT2D eigenvalue weighted by Crippen LogP contribution is -2.31. The highest BCUT2D eigenvalue weighted by molar-refractivity contribution is 6.31. The number of ketones is 1. The van der Waals surface area contributed by atoms with Gasteiger partial charge in [-0.25, -0.2) is 4.39 Å². The minimum Gasteiger partial charge on any atom is -0.503 e. The minimum absolute atomic E-state index is 0.0551. The van der Waals surface area contributed by atoms with Gasteiger partial charge in [-0.15, -0.1) is 0 Å². The molecule has 0 spiro atoms. The van der Waals surface area contributed by atoms with E-state index >= 15 is 0 Å². The first-order valence-electron chi connectivity index (χ1n) is 10.3. The van der Waals surface area contributed by atoms with Crippen molar-refractivity contribution in [1.29, 1.82) is 0 Å². The second kappa shape index (κ2) is 8.35. The molecule has 1 atom stereocenters. The van der Waals surface area contributed by atoms with E-state index in [1.165, 1.54) is 42.3 Å². The van der Waals surface area contributed by atoms with Crippen LogP contribution in [-0.2, 0) is 4.79 Å². The monoisotopic (exact) mass is 477 g/mol. The highest BCUT2D eigenvalue weighted by Gasteiger charge is 2.45. The Morgan fingerprint density at radius 3 is 2.59 bits per heavy atom. The molecular weight excluding hydrogens is 461 g/mol. The van der Waals surface area contributed by atoms with Gasteiger partial charge >= 0.3 is 0 Å². The zero-order chi connectivity index (χ0) is 24.0. The van der Waals surface area contributed by atoms with Crippen LogP contribution in [0.5, 0.6) is 5.75 Å². The number of fused-ring (bicyclic) bond motifs is 1. The van der Waals surface area contributed by atoms with Gasteiger partial charge in [0.2, 0.25) is 5.78 Å². The Balaban J connectivity index is 1.66. The lowest BCUT2D eigenvalue weighted by atomic mass is 9.94. The molecule has 6 nitrogen and oxygen atoms in total. The summed E-state index contributed by atoms with van der Waals surface area (Å²) in [5.74, 6) is -2.19. The Hall–Kier alpha value is -4.10. The summed E-state index contributed by atoms with van der Waals surface area (Å²) in [6.45, 7) is 0. The van der Waals surface area contributed by atoms with E-state index in [4.69, 9.17) is 20.8 Å². The molecule has 2 heterocycles. The third kappa shape index (κ3) is 3.60. The van der Waals surface area contributed by atoms with Crippen molar-refractivity contribution >= 4 is 39.9 Å². The van der Waals surface area contributed by atoms with Gasteiger partial charge in [0.1, 0.15) is 17.1 Å². The van der Waals surface area contributed by atoms with E-state index < -0.39 is 29.3 Å². The Bertz CT molecular complexity index is 1470. The molecule has 4 aromatic rings. The van der Waals surface area contributed by atoms with E-state index in [0.717, 1.165) is 0 Å². The highest BCUT2D eigenvalue weighted by Crippen LogP contribution is 2.43. The molecule has 170 valence electrons. The number of Topliss-reactive ketones (excluding diaryl/α,β-unsaturated/α-hetero) is 1. The molecule has 1 aliphatic heterocycles. The number of carbonyl (C=O) groups is 2. The zero-order valence-corrected chi connectivity index (χ0v) is 18.5. The topological polar surface area (TPSA) is 80.0 Å². The number of aliphatic hydroxyl groups is 1. The predicted molar refractivity (Wildman–Crippen MR) is 125 cm³/mol. The van der Waals surface area contributed by atoms with Crippen LogP contribution in [0.15, 0.2) is 88.5 Å². The summed E-state index contributed by atoms with van der Waals surface area (Å²) in [5, 5.41) is 11.9. The molecule has 1 aliphatic rings. The van der Waals surface area contributed by atoms with Crippen LogP contribution in [-0.4, -0.2) is 23.9 Å². The third-order valence-corrected chi connectivity index (χ3v) is 5.90. The fraction of sp³-hybridized carbons (Fsp3) is 0.0769. The Morgan fingerprint density at radius 1 is 1.09 bits per heavy atom. The second-order valence-corrected chi connectivity index (χ2v) is 8.15. The van der Waals surface area contributed by atoms with Gasteiger partial charge in [-0.3, -0.25) is 14.5 Å². The number of amides is 1. The van der Waals surface area contributed by atoms with Gasteiger partial charge in [0.05, 0.1) is 18.7 Å². The molecular formula is C26H17ClFNO5. The standard InChI is InChI=1S/C26H17ClFNO5/c1-33-19-4-2-3-14(12-19)23-22(24(30)21-13-15-11-16(27)5-10-20(15)34-21)25(31)26(32)29(23)18-8-6-17(28)7-9-18/h2-13,23,31H,1H3. The summed E-state index contributed by atoms with van der Waals surface area (Å²) in [4.78, 5) is 28.0. The number of hydrogen-bond acceptors (Lipinski definition) is 5. The van der Waals surface area contributed by atoms with Gasteiger partial charge in [0.25, 0.3) is 5.91 Å². The maximum atomic E-state index is 13.6. The van der Waals surface area contributed by atoms with Gasteiger partial charge in [-0.05, 0) is 66.2 Å². The van der Waals surface area contributed by atoms with Crippen LogP contribution in [0.1, 0.15) is 22.2 Å². The van der Waals surface area contributed by atoms with Crippen molar-refractivity contribution in [2.45, 2.75) is 6.04 Å². The van der Waals surface area contributed by atoms with Crippen molar-refractivity contribution in [2.24, 2.45) is 0 Å². The van der Waals surface area contributed by atoms with Crippen molar-refractivity contribution < 1.29 is 28.2 Å². The molecule has 8 heteroatoms. The van der Waals surface area contributed by atoms with Crippen LogP contribution in [0.2, 0.25) is 5.02 Å². The summed E-state index contributed by atoms with van der Waals surface area (Å²) >= 11 is 6.04. The normalized spacial score (nSPS) is 15.9. The Labute approximate surface area is 198 Å². The fourth-order valence-corrected chi connectivity index (χ4v) is 4.27. The molecule has 0 aliphatic carbocycles. The number of ether oxygens (including phenoxy) is 1. The molecule has 0 saturated carbocycles. The molecule has 1 aromatic heterocycles. The summed E-state index contributed by atoms with van der Waals surface area (Å²) in [5.41, 5.74) is 1.10. The molecule has 0 radical (unpaired) electrons. The van der Waals surface area contributed by atoms with E-state index in [-0.39, 0.29) is 11.3 Å². The molecule has 34 heavy (non-hydrogen) atoms. The maximum Gasteiger partial charge on any atom is 0.294 e. The van der Waals surface area contributed by atoms with Gasteiger partial charge in [0.15, 0.2) is 11.5 Å². The van der Waals surface area contributed by atoms with Crippen LogP contribution >= 0.6 is 11.6 Å². The summed E-state index contributed by atoms with van der Waals surface area (Å²) in [7, 11) is 1.50. The molecule has 1 amide bonds. The summed E-state index contributed by atoms with van der Waals surface area (Å²) in [6, 6.07) is 17.4. The number of halogens is 2. The number of nitrogens with zero attached hydrogens (tertiary/aromatic N) is 1. The fourth-order valence-electron chi connectivity index (χ4n) is 4.09. The average Bonchev–Trinajstić information content (AvgIpc) is 3.38. The van der Waals surface area contributed by atoms with Gasteiger partial charge in [0, 0.05) is 16.1 Å². The number of carbonyl (C=O) groups excluding carboxylic acids is 2. The first-order valence-corrected chi connectivity index (χ1v) is 10.6. The van der Waals surface area contributed by atoms with Crippen molar-refractivity contribution in [1.82, 2.24) is 0 Å². The second-order valence-electron chi connectivity index (χ2n) is 7.71. The molecule has 1 N–H and O–H groups in total. The van der Waals surface area contributed by atoms with Crippen molar-refractivity contribution in [3.63, 3.8) is 0 Å². The van der Waals surface area contributed by atoms with Crippen molar-refractivity contribution in [2.75, 3.05) is 12.0 Å². The molecule has 0 bridgehead atoms. The molecule has 0 fully saturated rings. The van der Waals surface area contributed by atoms with Gasteiger partial charge in [-0.1, -0.05) is 23.7 Å². The van der Waals surface area contributed by atoms with Crippen LogP contribution in [0.4, 0.5) is 10.1 Å². The number of hydrogen-bond donors (Lipinski definition) is 1. The zero-order valence-electron chi connectivity index (χ0n) is 17.8. The number of benzene rings is 3. The Morgan fingerprint density at radius 2 is 1.85 bits per heavy atom. The average molecular weight is 478 g/mol. The van der Waals surface area contributed by atoms with Crippen LogP contribution < -0.4 is 9.64 Å². The first kappa shape index (κ1) is 21.7. The lowest BCUT2D eigenvalue weighted by molar-refractivity contribution is -0.117. The largest absolute Gasteiger partial charge is 0.503 e. The number of anilines is 1. The van der Waals surface area contributed by atoms with E-state index in [1.807, 2.05) is 0 Å². The Kier molecular flexibility index (Phi) is 5.34. The predicted octanol–water partition coefficient (Wildman–Crippen LogP) is 6.02. The lowest BCUT2D eigenvalue weighted by Gasteiger charge is -2.27. The summed E-state index contributed by atoms with van der Waals surface area (Å²) < 4.78 is 24.6. The van der Waals surface area contributed by atoms with Gasteiger partial charge in [-0.2, -0.15) is 0 Å². The highest BCUT2D eigenvalue weighted by atomic mass is 35.5. The van der Waals surface area contributed by atoms with Crippen molar-refractivity contribution in [3.05, 3.63) is 106 Å². The number of furan rings is 1. The van der Waals surface area contributed by atoms with Crippen LogP contribution in [0, 0.1) is 5.82 Å². The van der Waals surface area contributed by atoms with E-state index in [2.05, 4.69) is 0 Å². The summed E-state index contributed by atoms with van der Waals surface area (Å²) in [6.07, 6.45) is 0. The molecule has 3 aromatic carbocycles. The first-order chi connectivity index (χ1) is 16.4. The molecule has 0 saturated heterocycles. The van der Waals surface area contributed by atoms with E-state index in [0.29, 0.717) is 33.0 Å². The molecule has 5 rings (SSSR count). The maximum absolute atomic E-state index is 13.6. The quantitative estimate of drug-likeness (QED) is 0.356. The third-order valence-electron chi connectivity index (χ3n) is 5.67. The SMILES string of the molecule is COc1cccc(C2C(C(=O)c3cc4cc(Cl)ccc4o3)=C(O)C(=O)N2c2ccc(F)cc2)c1. The number of methoxy groups -OCH3 is 1. The van der Waals surface area contributed by atoms with Crippen LogP contribution in [0.25, 0.3) is 11.0 Å². The van der Waals surface area contributed by atoms with Gasteiger partial charge < -0.3 is 14.3 Å². The smallest absolute Gasteiger partial charge is 0.294 e. The number of rotatable bonds is 5. The minimum atomic E-state index is -1.00. The molecule has 1 unspecified atom stereocenters.